The van der Waals surface area contributed by atoms with Gasteiger partial charge in [-0.05, 0) is 17.5 Å². The van der Waals surface area contributed by atoms with Crippen LogP contribution in [0.5, 0.6) is 0 Å². The van der Waals surface area contributed by atoms with Crippen molar-refractivity contribution in [1.82, 2.24) is 4.98 Å². The van der Waals surface area contributed by atoms with Crippen molar-refractivity contribution in [1.29, 1.82) is 5.26 Å². The first-order valence-corrected chi connectivity index (χ1v) is 5.36. The molecule has 0 aromatic carbocycles. The predicted octanol–water partition coefficient (Wildman–Crippen LogP) is 1.46. The number of pyridine rings is 1. The summed E-state index contributed by atoms with van der Waals surface area (Å²) in [7, 11) is 0. The van der Waals surface area contributed by atoms with E-state index < -0.39 is 0 Å². The SMILES string of the molecule is N#CB1CC2(C1)CN(c1ccncc1)C2. The average molecular weight is 197 g/mol. The molecule has 4 heteroatoms. The third-order valence-electron chi connectivity index (χ3n) is 3.62. The molecule has 74 valence electrons. The van der Waals surface area contributed by atoms with Crippen LogP contribution in [0.2, 0.25) is 12.6 Å². The summed E-state index contributed by atoms with van der Waals surface area (Å²) in [6.45, 7) is 2.56. The van der Waals surface area contributed by atoms with E-state index in [2.05, 4.69) is 15.9 Å². The molecule has 2 aliphatic rings. The maximum absolute atomic E-state index is 8.75. The van der Waals surface area contributed by atoms with Crippen LogP contribution < -0.4 is 4.90 Å². The lowest BCUT2D eigenvalue weighted by atomic mass is 9.26. The van der Waals surface area contributed by atoms with Crippen LogP contribution in [0.1, 0.15) is 0 Å². The number of nitriles is 1. The molecule has 0 bridgehead atoms. The fourth-order valence-electron chi connectivity index (χ4n) is 2.84. The van der Waals surface area contributed by atoms with Gasteiger partial charge in [0.25, 0.3) is 6.71 Å². The molecule has 0 unspecified atom stereocenters. The summed E-state index contributed by atoms with van der Waals surface area (Å²) in [5, 5.41) is 8.75. The fraction of sp³-hybridized carbons (Fsp3) is 0.455. The summed E-state index contributed by atoms with van der Waals surface area (Å²) in [5.74, 6) is 2.35. The molecule has 1 aromatic rings. The van der Waals surface area contributed by atoms with Gasteiger partial charge < -0.3 is 4.90 Å². The molecule has 0 amide bonds. The van der Waals surface area contributed by atoms with E-state index in [1.807, 2.05) is 24.5 Å². The summed E-state index contributed by atoms with van der Waals surface area (Å²) in [5.41, 5.74) is 1.74. The summed E-state index contributed by atoms with van der Waals surface area (Å²) < 4.78 is 0. The largest absolute Gasteiger partial charge is 0.370 e. The van der Waals surface area contributed by atoms with Gasteiger partial charge in [-0.2, -0.15) is 0 Å². The normalized spacial score (nSPS) is 21.8. The molecular formula is C11H12BN3. The smallest absolute Gasteiger partial charge is 0.269 e. The summed E-state index contributed by atoms with van der Waals surface area (Å²) in [6, 6.07) is 4.10. The summed E-state index contributed by atoms with van der Waals surface area (Å²) in [6.07, 6.45) is 5.87. The maximum Gasteiger partial charge on any atom is 0.269 e. The monoisotopic (exact) mass is 197 g/mol. The minimum atomic E-state index is 0.324. The molecule has 0 aliphatic carbocycles. The van der Waals surface area contributed by atoms with E-state index in [1.165, 1.54) is 5.69 Å². The highest BCUT2D eigenvalue weighted by molar-refractivity contribution is 6.70. The van der Waals surface area contributed by atoms with Crippen molar-refractivity contribution in [3.05, 3.63) is 24.5 Å². The quantitative estimate of drug-likeness (QED) is 0.639. The Bertz CT molecular complexity index is 398. The lowest BCUT2D eigenvalue weighted by Crippen LogP contribution is -2.64. The first-order valence-electron chi connectivity index (χ1n) is 5.36. The number of nitrogens with zero attached hydrogens (tertiary/aromatic N) is 3. The Morgan fingerprint density at radius 1 is 1.33 bits per heavy atom. The molecule has 2 saturated heterocycles. The van der Waals surface area contributed by atoms with Crippen LogP contribution in [-0.4, -0.2) is 24.8 Å². The van der Waals surface area contributed by atoms with Crippen LogP contribution in [0.4, 0.5) is 5.69 Å². The van der Waals surface area contributed by atoms with Crippen molar-refractivity contribution in [3.63, 3.8) is 0 Å². The fourth-order valence-corrected chi connectivity index (χ4v) is 2.84. The first-order chi connectivity index (χ1) is 7.31. The van der Waals surface area contributed by atoms with Gasteiger partial charge in [-0.25, -0.2) is 5.26 Å². The van der Waals surface area contributed by atoms with E-state index in [9.17, 15) is 0 Å². The van der Waals surface area contributed by atoms with Crippen molar-refractivity contribution in [2.75, 3.05) is 18.0 Å². The molecule has 15 heavy (non-hydrogen) atoms. The minimum absolute atomic E-state index is 0.324. The molecule has 0 saturated carbocycles. The standard InChI is InChI=1S/C11H12BN3/c13-9-12-5-11(6-12)7-15(8-11)10-1-3-14-4-2-10/h1-4H,5-8H2. The lowest BCUT2D eigenvalue weighted by Gasteiger charge is -2.57. The zero-order chi connectivity index (χ0) is 10.3. The van der Waals surface area contributed by atoms with Gasteiger partial charge in [0.05, 0.1) is 0 Å². The molecule has 2 aliphatic heterocycles. The van der Waals surface area contributed by atoms with E-state index in [4.69, 9.17) is 5.26 Å². The number of hydrogen-bond donors (Lipinski definition) is 0. The molecule has 3 heterocycles. The number of anilines is 1. The highest BCUT2D eigenvalue weighted by Gasteiger charge is 2.54. The van der Waals surface area contributed by atoms with E-state index >= 15 is 0 Å². The lowest BCUT2D eigenvalue weighted by molar-refractivity contribution is 0.243. The van der Waals surface area contributed by atoms with Crippen LogP contribution in [0.15, 0.2) is 24.5 Å². The van der Waals surface area contributed by atoms with Gasteiger partial charge in [-0.15, -0.1) is 0 Å². The Kier molecular flexibility index (Phi) is 1.75. The molecule has 3 nitrogen and oxygen atoms in total. The van der Waals surface area contributed by atoms with E-state index in [0.717, 1.165) is 25.7 Å². The molecule has 0 radical (unpaired) electrons. The third kappa shape index (κ3) is 1.31. The van der Waals surface area contributed by atoms with Crippen molar-refractivity contribution in [2.45, 2.75) is 12.6 Å². The zero-order valence-corrected chi connectivity index (χ0v) is 8.56. The van der Waals surface area contributed by atoms with Gasteiger partial charge >= 0.3 is 0 Å². The predicted molar refractivity (Wildman–Crippen MR) is 59.9 cm³/mol. The zero-order valence-electron chi connectivity index (χ0n) is 8.56. The van der Waals surface area contributed by atoms with E-state index in [-0.39, 0.29) is 0 Å². The van der Waals surface area contributed by atoms with Gasteiger partial charge in [-0.1, -0.05) is 12.6 Å². The van der Waals surface area contributed by atoms with Gasteiger partial charge in [0.1, 0.15) is 0 Å². The van der Waals surface area contributed by atoms with Crippen molar-refractivity contribution in [2.24, 2.45) is 5.41 Å². The van der Waals surface area contributed by atoms with Crippen LogP contribution in [0, 0.1) is 16.6 Å². The molecule has 1 spiro atoms. The third-order valence-corrected chi connectivity index (χ3v) is 3.62. The van der Waals surface area contributed by atoms with Crippen molar-refractivity contribution >= 4 is 12.4 Å². The van der Waals surface area contributed by atoms with Crippen molar-refractivity contribution in [3.8, 4) is 5.97 Å². The minimum Gasteiger partial charge on any atom is -0.370 e. The average Bonchev–Trinajstić information content (AvgIpc) is 2.16. The second kappa shape index (κ2) is 3.00. The molecule has 3 rings (SSSR count). The van der Waals surface area contributed by atoms with Crippen LogP contribution in [-0.2, 0) is 0 Å². The summed E-state index contributed by atoms with van der Waals surface area (Å²) in [4.78, 5) is 6.38. The second-order valence-corrected chi connectivity index (χ2v) is 4.80. The highest BCUT2D eigenvalue weighted by Crippen LogP contribution is 2.50. The molecule has 0 atom stereocenters. The Hall–Kier alpha value is -1.50. The number of rotatable bonds is 1. The topological polar surface area (TPSA) is 39.9 Å². The Morgan fingerprint density at radius 2 is 2.00 bits per heavy atom. The Labute approximate surface area is 89.8 Å². The second-order valence-electron chi connectivity index (χ2n) is 4.80. The number of hydrogen-bond acceptors (Lipinski definition) is 3. The van der Waals surface area contributed by atoms with Crippen LogP contribution in [0.25, 0.3) is 0 Å². The van der Waals surface area contributed by atoms with Gasteiger partial charge in [0.15, 0.2) is 0 Å². The van der Waals surface area contributed by atoms with Crippen LogP contribution >= 0.6 is 0 Å². The molecule has 2 fully saturated rings. The van der Waals surface area contributed by atoms with E-state index in [0.29, 0.717) is 12.1 Å². The van der Waals surface area contributed by atoms with Gasteiger partial charge in [0.2, 0.25) is 0 Å². The molecular weight excluding hydrogens is 185 g/mol. The van der Waals surface area contributed by atoms with Crippen LogP contribution in [0.3, 0.4) is 0 Å². The van der Waals surface area contributed by atoms with E-state index in [1.54, 1.807) is 0 Å². The summed E-state index contributed by atoms with van der Waals surface area (Å²) >= 11 is 0. The Balaban J connectivity index is 1.62. The van der Waals surface area contributed by atoms with Gasteiger partial charge in [0, 0.05) is 37.1 Å². The van der Waals surface area contributed by atoms with Gasteiger partial charge in [-0.3, -0.25) is 4.98 Å². The Morgan fingerprint density at radius 3 is 2.60 bits per heavy atom. The molecule has 1 aromatic heterocycles. The highest BCUT2D eigenvalue weighted by atomic mass is 15.2. The number of aromatic nitrogens is 1. The first kappa shape index (κ1) is 8.78. The van der Waals surface area contributed by atoms with Crippen molar-refractivity contribution < 1.29 is 0 Å². The maximum atomic E-state index is 8.75. The molecule has 0 N–H and O–H groups in total.